The second kappa shape index (κ2) is 37.4. The summed E-state index contributed by atoms with van der Waals surface area (Å²) in [5, 5.41) is 9.99. The summed E-state index contributed by atoms with van der Waals surface area (Å²) in [5.74, 6) is -1.24. The van der Waals surface area contributed by atoms with Crippen molar-refractivity contribution in [3.63, 3.8) is 0 Å². The fraction of sp³-hybridized carbons (Fsp3) is 0.950. The van der Waals surface area contributed by atoms with Crippen LogP contribution in [-0.4, -0.2) is 36.4 Å². The molecule has 5 nitrogen and oxygen atoms in total. The van der Waals surface area contributed by atoms with Gasteiger partial charge in [0, 0.05) is 0 Å². The Hall–Kier alpha value is -1.10. The van der Waals surface area contributed by atoms with E-state index in [1.165, 1.54) is 173 Å². The van der Waals surface area contributed by atoms with Gasteiger partial charge in [-0.1, -0.05) is 206 Å². The average Bonchev–Trinajstić information content (AvgIpc) is 3.03. The van der Waals surface area contributed by atoms with Crippen molar-refractivity contribution in [1.82, 2.24) is 0 Å². The zero-order valence-electron chi connectivity index (χ0n) is 30.4. The summed E-state index contributed by atoms with van der Waals surface area (Å²) in [4.78, 5) is 24.0. The lowest BCUT2D eigenvalue weighted by atomic mass is 10.0. The maximum Gasteiger partial charge on any atom is 0.335 e. The van der Waals surface area contributed by atoms with Crippen LogP contribution in [0.1, 0.15) is 226 Å². The smallest absolute Gasteiger partial charge is 0.335 e. The molecule has 0 saturated heterocycles. The van der Waals surface area contributed by atoms with Crippen molar-refractivity contribution in [2.45, 2.75) is 232 Å². The molecule has 1 N–H and O–H groups in total. The van der Waals surface area contributed by atoms with Crippen LogP contribution in [0.2, 0.25) is 0 Å². The zero-order valence-corrected chi connectivity index (χ0v) is 30.4. The number of carbonyl (C=O) groups is 2. The molecule has 0 spiro atoms. The SMILES string of the molecule is CCCCCCCCCCCCCCCCCCOC(=O)CC(O)C(=O)OCCCCCCCCCCCCCCCCCC. The molecule has 0 aliphatic rings. The molecule has 0 fully saturated rings. The van der Waals surface area contributed by atoms with Crippen molar-refractivity contribution >= 4 is 11.9 Å². The maximum absolute atomic E-state index is 12.0. The molecular weight excluding hydrogens is 560 g/mol. The minimum Gasteiger partial charge on any atom is -0.466 e. The van der Waals surface area contributed by atoms with Crippen LogP contribution in [0.15, 0.2) is 0 Å². The van der Waals surface area contributed by atoms with E-state index in [1.54, 1.807) is 0 Å². The first-order chi connectivity index (χ1) is 22.1. The van der Waals surface area contributed by atoms with Crippen LogP contribution < -0.4 is 0 Å². The summed E-state index contributed by atoms with van der Waals surface area (Å²) >= 11 is 0. The van der Waals surface area contributed by atoms with E-state index in [-0.39, 0.29) is 6.42 Å². The molecule has 1 atom stereocenters. The van der Waals surface area contributed by atoms with E-state index >= 15 is 0 Å². The van der Waals surface area contributed by atoms with Gasteiger partial charge in [0.05, 0.1) is 19.6 Å². The molecule has 0 aromatic heterocycles. The van der Waals surface area contributed by atoms with Crippen LogP contribution in [0.5, 0.6) is 0 Å². The third-order valence-corrected chi connectivity index (χ3v) is 9.14. The van der Waals surface area contributed by atoms with Crippen LogP contribution >= 0.6 is 0 Å². The molecule has 1 unspecified atom stereocenters. The minimum atomic E-state index is -1.43. The van der Waals surface area contributed by atoms with Gasteiger partial charge < -0.3 is 14.6 Å². The van der Waals surface area contributed by atoms with Crippen molar-refractivity contribution in [2.24, 2.45) is 0 Å². The molecule has 0 aliphatic carbocycles. The number of aliphatic hydroxyl groups excluding tert-OH is 1. The molecule has 0 aromatic rings. The van der Waals surface area contributed by atoms with Crippen molar-refractivity contribution < 1.29 is 24.2 Å². The molecule has 5 heteroatoms. The Morgan fingerprint density at radius 2 is 0.644 bits per heavy atom. The molecule has 45 heavy (non-hydrogen) atoms. The highest BCUT2D eigenvalue weighted by Gasteiger charge is 2.21. The largest absolute Gasteiger partial charge is 0.466 e. The highest BCUT2D eigenvalue weighted by Crippen LogP contribution is 2.15. The first-order valence-corrected chi connectivity index (χ1v) is 20.1. The normalized spacial score (nSPS) is 12.0. The van der Waals surface area contributed by atoms with E-state index in [1.807, 2.05) is 0 Å². The number of rotatable bonds is 37. The summed E-state index contributed by atoms with van der Waals surface area (Å²) in [6.45, 7) is 5.21. The molecule has 0 rings (SSSR count). The third-order valence-electron chi connectivity index (χ3n) is 9.14. The van der Waals surface area contributed by atoms with Gasteiger partial charge in [0.25, 0.3) is 0 Å². The third kappa shape index (κ3) is 35.6. The van der Waals surface area contributed by atoms with Crippen LogP contribution in [0.4, 0.5) is 0 Å². The van der Waals surface area contributed by atoms with Crippen molar-refractivity contribution in [2.75, 3.05) is 13.2 Å². The molecular formula is C40H78O5. The molecule has 0 aromatic carbocycles. The number of hydrogen-bond acceptors (Lipinski definition) is 5. The summed E-state index contributed by atoms with van der Waals surface area (Å²) in [7, 11) is 0. The fourth-order valence-corrected chi connectivity index (χ4v) is 6.06. The quantitative estimate of drug-likeness (QED) is 0.0541. The van der Waals surface area contributed by atoms with Crippen LogP contribution in [0.3, 0.4) is 0 Å². The van der Waals surface area contributed by atoms with E-state index in [0.717, 1.165) is 32.1 Å². The lowest BCUT2D eigenvalue weighted by Gasteiger charge is -2.11. The number of ether oxygens (including phenoxy) is 2. The summed E-state index contributed by atoms with van der Waals surface area (Å²) in [6, 6.07) is 0. The maximum atomic E-state index is 12.0. The van der Waals surface area contributed by atoms with Crippen LogP contribution in [0.25, 0.3) is 0 Å². The summed E-state index contributed by atoms with van der Waals surface area (Å²) < 4.78 is 10.4. The molecule has 0 heterocycles. The lowest BCUT2D eigenvalue weighted by molar-refractivity contribution is -0.160. The van der Waals surface area contributed by atoms with Crippen LogP contribution in [-0.2, 0) is 19.1 Å². The molecule has 0 aliphatic heterocycles. The first-order valence-electron chi connectivity index (χ1n) is 20.1. The van der Waals surface area contributed by atoms with E-state index in [4.69, 9.17) is 9.47 Å². The highest BCUT2D eigenvalue weighted by atomic mass is 16.6. The van der Waals surface area contributed by atoms with E-state index in [2.05, 4.69) is 13.8 Å². The number of aliphatic hydroxyl groups is 1. The van der Waals surface area contributed by atoms with E-state index in [0.29, 0.717) is 13.2 Å². The van der Waals surface area contributed by atoms with Crippen molar-refractivity contribution in [3.05, 3.63) is 0 Å². The second-order valence-electron chi connectivity index (χ2n) is 13.7. The highest BCUT2D eigenvalue weighted by molar-refractivity contribution is 5.81. The minimum absolute atomic E-state index is 0.308. The van der Waals surface area contributed by atoms with Gasteiger partial charge in [0.2, 0.25) is 0 Å². The predicted molar refractivity (Wildman–Crippen MR) is 192 cm³/mol. The van der Waals surface area contributed by atoms with E-state index < -0.39 is 18.0 Å². The van der Waals surface area contributed by atoms with Crippen LogP contribution in [0, 0.1) is 0 Å². The van der Waals surface area contributed by atoms with Gasteiger partial charge in [-0.3, -0.25) is 4.79 Å². The standard InChI is InChI=1S/C40H78O5/c1-3-5-7-9-11-13-15-17-19-21-23-25-27-29-31-33-35-44-39(42)37-38(41)40(43)45-36-34-32-30-28-26-24-22-20-18-16-14-12-10-8-6-4-2/h38,41H,3-37H2,1-2H3. The van der Waals surface area contributed by atoms with E-state index in [9.17, 15) is 14.7 Å². The number of carbonyl (C=O) groups excluding carboxylic acids is 2. The molecule has 0 saturated carbocycles. The Labute approximate surface area is 280 Å². The fourth-order valence-electron chi connectivity index (χ4n) is 6.06. The second-order valence-corrected chi connectivity index (χ2v) is 13.7. The van der Waals surface area contributed by atoms with Gasteiger partial charge in [-0.05, 0) is 12.8 Å². The Balaban J connectivity index is 3.38. The first kappa shape index (κ1) is 43.9. The molecule has 0 bridgehead atoms. The van der Waals surface area contributed by atoms with Crippen molar-refractivity contribution in [1.29, 1.82) is 0 Å². The Morgan fingerprint density at radius 1 is 0.400 bits per heavy atom. The Morgan fingerprint density at radius 3 is 0.933 bits per heavy atom. The number of unbranched alkanes of at least 4 members (excludes halogenated alkanes) is 30. The van der Waals surface area contributed by atoms with Gasteiger partial charge in [-0.15, -0.1) is 0 Å². The van der Waals surface area contributed by atoms with Gasteiger partial charge in [0.15, 0.2) is 6.10 Å². The number of esters is 2. The summed E-state index contributed by atoms with van der Waals surface area (Å²) in [6.07, 6.45) is 39.9. The van der Waals surface area contributed by atoms with Gasteiger partial charge in [0.1, 0.15) is 0 Å². The average molecular weight is 639 g/mol. The van der Waals surface area contributed by atoms with Crippen molar-refractivity contribution in [3.8, 4) is 0 Å². The monoisotopic (exact) mass is 639 g/mol. The van der Waals surface area contributed by atoms with Gasteiger partial charge >= 0.3 is 11.9 Å². The Kier molecular flexibility index (Phi) is 36.4. The summed E-state index contributed by atoms with van der Waals surface area (Å²) in [5.41, 5.74) is 0. The van der Waals surface area contributed by atoms with Gasteiger partial charge in [-0.25, -0.2) is 4.79 Å². The molecule has 0 amide bonds. The Bertz CT molecular complexity index is 607. The predicted octanol–water partition coefficient (Wildman–Crippen LogP) is 12.3. The lowest BCUT2D eigenvalue weighted by Crippen LogP contribution is -2.27. The van der Waals surface area contributed by atoms with Gasteiger partial charge in [-0.2, -0.15) is 0 Å². The number of hydrogen-bond donors (Lipinski definition) is 1. The topological polar surface area (TPSA) is 72.8 Å². The zero-order chi connectivity index (χ0) is 32.9. The molecule has 0 radical (unpaired) electrons. The molecule has 268 valence electrons.